The molecule has 0 aliphatic carbocycles. The van der Waals surface area contributed by atoms with Gasteiger partial charge in [-0.2, -0.15) is 13.9 Å². The number of piperidine rings is 1. The van der Waals surface area contributed by atoms with Crippen LogP contribution in [0.2, 0.25) is 0 Å². The van der Waals surface area contributed by atoms with E-state index in [0.29, 0.717) is 32.8 Å². The Morgan fingerprint density at radius 3 is 2.67 bits per heavy atom. The molecular formula is C24H31F2N5O2. The number of hydrazone groups is 1. The van der Waals surface area contributed by atoms with Crippen molar-refractivity contribution in [1.29, 1.82) is 0 Å². The molecule has 0 spiro atoms. The van der Waals surface area contributed by atoms with Crippen LogP contribution in [0.1, 0.15) is 30.4 Å². The Hall–Kier alpha value is -2.78. The second kappa shape index (κ2) is 11.4. The maximum atomic E-state index is 15.3. The fourth-order valence-corrected chi connectivity index (χ4v) is 4.05. The van der Waals surface area contributed by atoms with Gasteiger partial charge in [0.2, 0.25) is 11.6 Å². The smallest absolute Gasteiger partial charge is 0.212 e. The van der Waals surface area contributed by atoms with E-state index in [1.807, 2.05) is 36.1 Å². The molecule has 0 radical (unpaired) electrons. The number of ether oxygens (including phenoxy) is 2. The van der Waals surface area contributed by atoms with Crippen LogP contribution < -0.4 is 15.1 Å². The van der Waals surface area contributed by atoms with E-state index in [2.05, 4.69) is 20.4 Å². The first-order valence-corrected chi connectivity index (χ1v) is 11.5. The van der Waals surface area contributed by atoms with Crippen molar-refractivity contribution in [1.82, 2.24) is 9.88 Å². The van der Waals surface area contributed by atoms with Crippen molar-refractivity contribution >= 4 is 17.9 Å². The van der Waals surface area contributed by atoms with E-state index in [1.165, 1.54) is 0 Å². The van der Waals surface area contributed by atoms with Crippen LogP contribution in [0.25, 0.3) is 0 Å². The van der Waals surface area contributed by atoms with Crippen molar-refractivity contribution in [3.8, 4) is 5.75 Å². The van der Waals surface area contributed by atoms with Gasteiger partial charge in [0.25, 0.3) is 0 Å². The SMILES string of the molecule is Cc1cccc(/C=N/Nc2nc(N3CCCCC3)c(F)c(OCCN3CCOCC3)c2F)c1. The van der Waals surface area contributed by atoms with E-state index < -0.39 is 17.4 Å². The highest BCUT2D eigenvalue weighted by Crippen LogP contribution is 2.34. The van der Waals surface area contributed by atoms with Gasteiger partial charge in [0.15, 0.2) is 17.4 Å². The number of nitrogens with one attached hydrogen (secondary N) is 1. The summed E-state index contributed by atoms with van der Waals surface area (Å²) >= 11 is 0. The summed E-state index contributed by atoms with van der Waals surface area (Å²) in [5.74, 6) is -2.10. The highest BCUT2D eigenvalue weighted by molar-refractivity contribution is 5.80. The molecule has 33 heavy (non-hydrogen) atoms. The number of halogens is 2. The Kier molecular flexibility index (Phi) is 8.06. The Morgan fingerprint density at radius 2 is 1.91 bits per heavy atom. The molecule has 2 aliphatic heterocycles. The lowest BCUT2D eigenvalue weighted by molar-refractivity contribution is 0.0318. The molecule has 2 aliphatic rings. The molecular weight excluding hydrogens is 428 g/mol. The quantitative estimate of drug-likeness (QED) is 0.479. The first kappa shape index (κ1) is 23.4. The van der Waals surface area contributed by atoms with Gasteiger partial charge in [-0.3, -0.25) is 10.3 Å². The summed E-state index contributed by atoms with van der Waals surface area (Å²) in [7, 11) is 0. The minimum Gasteiger partial charge on any atom is -0.486 e. The minimum atomic E-state index is -0.878. The molecule has 2 fully saturated rings. The monoisotopic (exact) mass is 459 g/mol. The summed E-state index contributed by atoms with van der Waals surface area (Å²) in [6.45, 7) is 6.95. The number of rotatable bonds is 8. The molecule has 0 unspecified atom stereocenters. The normalized spacial score (nSPS) is 17.5. The molecule has 2 saturated heterocycles. The predicted molar refractivity (Wildman–Crippen MR) is 125 cm³/mol. The minimum absolute atomic E-state index is 0.103. The van der Waals surface area contributed by atoms with Gasteiger partial charge in [0.1, 0.15) is 6.61 Å². The summed E-state index contributed by atoms with van der Waals surface area (Å²) in [6.07, 6.45) is 4.56. The number of hydrogen-bond donors (Lipinski definition) is 1. The van der Waals surface area contributed by atoms with Gasteiger partial charge >= 0.3 is 0 Å². The maximum Gasteiger partial charge on any atom is 0.212 e. The third-order valence-electron chi connectivity index (χ3n) is 5.86. The zero-order valence-corrected chi connectivity index (χ0v) is 19.0. The number of anilines is 2. The number of aromatic nitrogens is 1. The fraction of sp³-hybridized carbons (Fsp3) is 0.500. The van der Waals surface area contributed by atoms with Crippen LogP contribution in [0, 0.1) is 18.6 Å². The van der Waals surface area contributed by atoms with Crippen molar-refractivity contribution < 1.29 is 18.3 Å². The van der Waals surface area contributed by atoms with Crippen molar-refractivity contribution in [2.75, 3.05) is 62.9 Å². The zero-order chi connectivity index (χ0) is 23.0. The van der Waals surface area contributed by atoms with Crippen LogP contribution in [-0.2, 0) is 4.74 Å². The third-order valence-corrected chi connectivity index (χ3v) is 5.86. The van der Waals surface area contributed by atoms with Gasteiger partial charge in [-0.15, -0.1) is 0 Å². The lowest BCUT2D eigenvalue weighted by atomic mass is 10.1. The van der Waals surface area contributed by atoms with Crippen molar-refractivity contribution in [3.63, 3.8) is 0 Å². The first-order valence-electron chi connectivity index (χ1n) is 11.5. The molecule has 0 atom stereocenters. The Bertz CT molecular complexity index is 960. The number of hydrogen-bond acceptors (Lipinski definition) is 7. The van der Waals surface area contributed by atoms with Crippen molar-refractivity contribution in [2.24, 2.45) is 5.10 Å². The number of benzene rings is 1. The molecule has 1 N–H and O–H groups in total. The van der Waals surface area contributed by atoms with Gasteiger partial charge in [-0.1, -0.05) is 29.8 Å². The van der Waals surface area contributed by atoms with Crippen LogP contribution in [-0.4, -0.2) is 68.6 Å². The van der Waals surface area contributed by atoms with E-state index in [0.717, 1.165) is 43.5 Å². The van der Waals surface area contributed by atoms with E-state index >= 15 is 8.78 Å². The average Bonchev–Trinajstić information content (AvgIpc) is 2.84. The Balaban J connectivity index is 1.54. The molecule has 1 aromatic carbocycles. The highest BCUT2D eigenvalue weighted by Gasteiger charge is 2.26. The summed E-state index contributed by atoms with van der Waals surface area (Å²) in [5.41, 5.74) is 4.61. The molecule has 4 rings (SSSR count). The first-order chi connectivity index (χ1) is 16.1. The van der Waals surface area contributed by atoms with E-state index in [1.54, 1.807) is 6.21 Å². The molecule has 7 nitrogen and oxygen atoms in total. The van der Waals surface area contributed by atoms with E-state index in [-0.39, 0.29) is 18.2 Å². The fourth-order valence-electron chi connectivity index (χ4n) is 4.05. The average molecular weight is 460 g/mol. The Labute approximate surface area is 193 Å². The predicted octanol–water partition coefficient (Wildman–Crippen LogP) is 3.82. The van der Waals surface area contributed by atoms with Crippen LogP contribution in [0.15, 0.2) is 29.4 Å². The molecule has 0 amide bonds. The summed E-state index contributed by atoms with van der Waals surface area (Å²) < 4.78 is 41.5. The van der Waals surface area contributed by atoms with E-state index in [9.17, 15) is 0 Å². The van der Waals surface area contributed by atoms with Crippen LogP contribution in [0.5, 0.6) is 5.75 Å². The molecule has 0 bridgehead atoms. The van der Waals surface area contributed by atoms with Gasteiger partial charge in [-0.25, -0.2) is 4.98 Å². The van der Waals surface area contributed by atoms with Gasteiger partial charge < -0.3 is 14.4 Å². The van der Waals surface area contributed by atoms with E-state index in [4.69, 9.17) is 9.47 Å². The van der Waals surface area contributed by atoms with Crippen LogP contribution in [0.3, 0.4) is 0 Å². The number of aryl methyl sites for hydroxylation is 1. The summed E-state index contributed by atoms with van der Waals surface area (Å²) in [6, 6.07) is 7.75. The number of morpholine rings is 1. The molecule has 9 heteroatoms. The number of nitrogens with zero attached hydrogens (tertiary/aromatic N) is 4. The van der Waals surface area contributed by atoms with Crippen LogP contribution >= 0.6 is 0 Å². The summed E-state index contributed by atoms with van der Waals surface area (Å²) in [5, 5.41) is 4.13. The molecule has 0 saturated carbocycles. The second-order valence-corrected chi connectivity index (χ2v) is 8.38. The van der Waals surface area contributed by atoms with Gasteiger partial charge in [0, 0.05) is 32.7 Å². The van der Waals surface area contributed by atoms with Crippen LogP contribution in [0.4, 0.5) is 20.4 Å². The van der Waals surface area contributed by atoms with Crippen molar-refractivity contribution in [3.05, 3.63) is 47.0 Å². The maximum absolute atomic E-state index is 15.3. The zero-order valence-electron chi connectivity index (χ0n) is 19.0. The third kappa shape index (κ3) is 6.17. The molecule has 1 aromatic heterocycles. The molecule has 3 heterocycles. The lowest BCUT2D eigenvalue weighted by Crippen LogP contribution is -2.38. The van der Waals surface area contributed by atoms with Crippen molar-refractivity contribution in [2.45, 2.75) is 26.2 Å². The topological polar surface area (TPSA) is 62.2 Å². The largest absolute Gasteiger partial charge is 0.486 e. The Morgan fingerprint density at radius 1 is 1.12 bits per heavy atom. The molecule has 2 aromatic rings. The highest BCUT2D eigenvalue weighted by atomic mass is 19.1. The second-order valence-electron chi connectivity index (χ2n) is 8.38. The standard InChI is InChI=1S/C24H31F2N5O2/c1-18-6-5-7-19(16-18)17-27-29-23-20(25)22(33-15-12-30-10-13-32-14-11-30)21(26)24(28-23)31-8-3-2-4-9-31/h5-7,16-17H,2-4,8-15H2,1H3,(H,28,29)/b27-17+. The summed E-state index contributed by atoms with van der Waals surface area (Å²) in [4.78, 5) is 8.25. The molecule has 178 valence electrons. The van der Waals surface area contributed by atoms with Gasteiger partial charge in [-0.05, 0) is 31.7 Å². The number of pyridine rings is 1. The lowest BCUT2D eigenvalue weighted by Gasteiger charge is -2.29. The van der Waals surface area contributed by atoms with Gasteiger partial charge in [0.05, 0.1) is 19.4 Å².